The van der Waals surface area contributed by atoms with Gasteiger partial charge in [0.05, 0.1) is 25.8 Å². The fourth-order valence-electron chi connectivity index (χ4n) is 2.62. The molecular weight excluding hydrogens is 327 g/mol. The Hall–Kier alpha value is -1.33. The lowest BCUT2D eigenvalue weighted by atomic mass is 10.1. The van der Waals surface area contributed by atoms with Crippen molar-refractivity contribution in [2.75, 3.05) is 41.0 Å². The van der Waals surface area contributed by atoms with E-state index in [1.165, 1.54) is 0 Å². The van der Waals surface area contributed by atoms with Crippen molar-refractivity contribution in [2.24, 2.45) is 0 Å². The van der Waals surface area contributed by atoms with Crippen molar-refractivity contribution in [3.63, 3.8) is 0 Å². The molecule has 6 nitrogen and oxygen atoms in total. The zero-order valence-corrected chi connectivity index (χ0v) is 16.0. The molecule has 0 N–H and O–H groups in total. The predicted molar refractivity (Wildman–Crippen MR) is 97.0 cm³/mol. The first-order chi connectivity index (χ1) is 11.4. The number of aromatic nitrogens is 1. The molecule has 0 aliphatic rings. The van der Waals surface area contributed by atoms with Crippen LogP contribution < -0.4 is 4.74 Å². The van der Waals surface area contributed by atoms with Gasteiger partial charge in [0.1, 0.15) is 5.75 Å². The fourth-order valence-corrected chi connectivity index (χ4v) is 4.31. The maximum Gasteiger partial charge on any atom is 0.439 e. The smallest absolute Gasteiger partial charge is 0.439 e. The van der Waals surface area contributed by atoms with Gasteiger partial charge >= 0.3 is 7.75 Å². The molecule has 0 aliphatic carbocycles. The Labute approximate surface area is 143 Å². The van der Waals surface area contributed by atoms with E-state index in [2.05, 4.69) is 4.90 Å². The molecule has 0 saturated carbocycles. The van der Waals surface area contributed by atoms with Crippen molar-refractivity contribution < 1.29 is 18.3 Å². The molecule has 1 aromatic carbocycles. The minimum atomic E-state index is -3.43. The van der Waals surface area contributed by atoms with Crippen LogP contribution in [0.4, 0.5) is 0 Å². The second-order valence-corrected chi connectivity index (χ2v) is 7.62. The molecular formula is C17H27N2O4P. The van der Waals surface area contributed by atoms with Crippen LogP contribution in [0.3, 0.4) is 0 Å². The zero-order valence-electron chi connectivity index (χ0n) is 15.1. The van der Waals surface area contributed by atoms with E-state index in [9.17, 15) is 4.57 Å². The maximum absolute atomic E-state index is 13.2. The van der Waals surface area contributed by atoms with Crippen molar-refractivity contribution >= 4 is 18.6 Å². The first-order valence-corrected chi connectivity index (χ1v) is 9.67. The van der Waals surface area contributed by atoms with Gasteiger partial charge in [-0.05, 0) is 52.1 Å². The Morgan fingerprint density at radius 1 is 1.17 bits per heavy atom. The molecule has 1 aromatic heterocycles. The lowest BCUT2D eigenvalue weighted by molar-refractivity contribution is 0.213. The second-order valence-electron chi connectivity index (χ2n) is 5.74. The Morgan fingerprint density at radius 2 is 1.83 bits per heavy atom. The van der Waals surface area contributed by atoms with E-state index in [1.807, 2.05) is 52.3 Å². The monoisotopic (exact) mass is 354 g/mol. The standard InChI is InChI=1S/C17H27N2O4P/c1-6-22-24(20,23-7-2)19-13-14(10-11-18(3)4)16-9-8-15(21-5)12-17(16)19/h8-9,12-13H,6-7,10-11H2,1-5H3. The number of fused-ring (bicyclic) bond motifs is 1. The molecule has 0 bridgehead atoms. The molecule has 134 valence electrons. The third-order valence-corrected chi connectivity index (χ3v) is 5.78. The lowest BCUT2D eigenvalue weighted by Crippen LogP contribution is -2.14. The normalized spacial score (nSPS) is 12.2. The Kier molecular flexibility index (Phi) is 6.47. The van der Waals surface area contributed by atoms with Gasteiger partial charge in [-0.25, -0.2) is 4.57 Å². The van der Waals surface area contributed by atoms with Crippen LogP contribution in [0.15, 0.2) is 24.4 Å². The predicted octanol–water partition coefficient (Wildman–Crippen LogP) is 3.78. The highest BCUT2D eigenvalue weighted by molar-refractivity contribution is 7.52. The van der Waals surface area contributed by atoms with Crippen molar-refractivity contribution in [3.8, 4) is 5.75 Å². The van der Waals surface area contributed by atoms with Crippen molar-refractivity contribution in [1.29, 1.82) is 0 Å². The van der Waals surface area contributed by atoms with Crippen LogP contribution in [-0.2, 0) is 20.0 Å². The van der Waals surface area contributed by atoms with Gasteiger partial charge in [-0.1, -0.05) is 0 Å². The van der Waals surface area contributed by atoms with E-state index >= 15 is 0 Å². The van der Waals surface area contributed by atoms with Crippen LogP contribution in [0.2, 0.25) is 0 Å². The average molecular weight is 354 g/mol. The minimum absolute atomic E-state index is 0.313. The van der Waals surface area contributed by atoms with Gasteiger partial charge in [-0.15, -0.1) is 0 Å². The number of rotatable bonds is 9. The number of likely N-dealkylation sites (N-methyl/N-ethyl adjacent to an activating group) is 1. The van der Waals surface area contributed by atoms with Crippen LogP contribution >= 0.6 is 7.75 Å². The number of ether oxygens (including phenoxy) is 1. The van der Waals surface area contributed by atoms with E-state index in [-0.39, 0.29) is 0 Å². The first kappa shape index (κ1) is 19.0. The molecule has 0 aliphatic heterocycles. The minimum Gasteiger partial charge on any atom is -0.497 e. The summed E-state index contributed by atoms with van der Waals surface area (Å²) in [5.74, 6) is 0.709. The van der Waals surface area contributed by atoms with Gasteiger partial charge in [0.2, 0.25) is 0 Å². The molecule has 0 saturated heterocycles. The average Bonchev–Trinajstić information content (AvgIpc) is 2.92. The number of methoxy groups -OCH3 is 1. The highest BCUT2D eigenvalue weighted by Gasteiger charge is 2.29. The molecule has 0 amide bonds. The first-order valence-electron chi connectivity index (χ1n) is 8.17. The third kappa shape index (κ3) is 4.01. The molecule has 0 atom stereocenters. The third-order valence-electron chi connectivity index (χ3n) is 3.75. The molecule has 24 heavy (non-hydrogen) atoms. The summed E-state index contributed by atoms with van der Waals surface area (Å²) in [6.45, 7) is 5.15. The number of benzene rings is 1. The van der Waals surface area contributed by atoms with Crippen molar-refractivity contribution in [2.45, 2.75) is 20.3 Å². The fraction of sp³-hybridized carbons (Fsp3) is 0.529. The van der Waals surface area contributed by atoms with E-state index in [0.29, 0.717) is 19.0 Å². The molecule has 1 heterocycles. The van der Waals surface area contributed by atoms with Crippen molar-refractivity contribution in [3.05, 3.63) is 30.0 Å². The van der Waals surface area contributed by atoms with Gasteiger partial charge in [-0.2, -0.15) is 0 Å². The van der Waals surface area contributed by atoms with E-state index in [4.69, 9.17) is 13.8 Å². The van der Waals surface area contributed by atoms with Crippen LogP contribution in [-0.4, -0.2) is 50.2 Å². The molecule has 0 radical (unpaired) electrons. The summed E-state index contributed by atoms with van der Waals surface area (Å²) in [5.41, 5.74) is 1.91. The highest BCUT2D eigenvalue weighted by atomic mass is 31.2. The summed E-state index contributed by atoms with van der Waals surface area (Å²) in [7, 11) is 2.26. The van der Waals surface area contributed by atoms with Gasteiger partial charge in [0.25, 0.3) is 0 Å². The van der Waals surface area contributed by atoms with Gasteiger partial charge in [0.15, 0.2) is 0 Å². The van der Waals surface area contributed by atoms with E-state index in [1.54, 1.807) is 11.4 Å². The summed E-state index contributed by atoms with van der Waals surface area (Å²) >= 11 is 0. The van der Waals surface area contributed by atoms with Crippen molar-refractivity contribution in [1.82, 2.24) is 9.24 Å². The molecule has 0 fully saturated rings. The molecule has 2 aromatic rings. The van der Waals surface area contributed by atoms with Gasteiger partial charge in [0, 0.05) is 24.2 Å². The van der Waals surface area contributed by atoms with Gasteiger partial charge < -0.3 is 9.64 Å². The van der Waals surface area contributed by atoms with E-state index in [0.717, 1.165) is 29.4 Å². The molecule has 0 unspecified atom stereocenters. The SMILES string of the molecule is CCOP(=O)(OCC)n1cc(CCN(C)C)c2ccc(OC)cc21. The van der Waals surface area contributed by atoms with Crippen LogP contribution in [0.5, 0.6) is 5.75 Å². The topological polar surface area (TPSA) is 52.9 Å². The van der Waals surface area contributed by atoms with Crippen LogP contribution in [0.1, 0.15) is 19.4 Å². The summed E-state index contributed by atoms with van der Waals surface area (Å²) in [6.07, 6.45) is 2.74. The largest absolute Gasteiger partial charge is 0.497 e. The molecule has 2 rings (SSSR count). The van der Waals surface area contributed by atoms with E-state index < -0.39 is 7.75 Å². The van der Waals surface area contributed by atoms with Crippen LogP contribution in [0.25, 0.3) is 10.9 Å². The lowest BCUT2D eigenvalue weighted by Gasteiger charge is -2.19. The maximum atomic E-state index is 13.2. The summed E-state index contributed by atoms with van der Waals surface area (Å²) in [6, 6.07) is 5.79. The van der Waals surface area contributed by atoms with Crippen LogP contribution in [0, 0.1) is 0 Å². The summed E-state index contributed by atoms with van der Waals surface area (Å²) in [4.78, 5) is 2.12. The Morgan fingerprint density at radius 3 is 2.38 bits per heavy atom. The number of nitrogens with zero attached hydrogens (tertiary/aromatic N) is 2. The second kappa shape index (κ2) is 8.17. The highest BCUT2D eigenvalue weighted by Crippen LogP contribution is 2.52. The Bertz CT molecular complexity index is 717. The summed E-state index contributed by atoms with van der Waals surface area (Å²) < 4.78 is 31.3. The number of hydrogen-bond donors (Lipinski definition) is 0. The molecule has 7 heteroatoms. The quantitative estimate of drug-likeness (QED) is 0.642. The van der Waals surface area contributed by atoms with Gasteiger partial charge in [-0.3, -0.25) is 13.4 Å². The summed E-state index contributed by atoms with van der Waals surface area (Å²) in [5, 5.41) is 1.04. The zero-order chi connectivity index (χ0) is 17.7. The number of hydrogen-bond acceptors (Lipinski definition) is 5. The molecule has 0 spiro atoms. The Balaban J connectivity index is 2.59.